The molecule has 142 valence electrons. The van der Waals surface area contributed by atoms with E-state index >= 15 is 0 Å². The molecule has 0 fully saturated rings. The maximum absolute atomic E-state index is 12.3. The second-order valence-electron chi connectivity index (χ2n) is 6.53. The summed E-state index contributed by atoms with van der Waals surface area (Å²) in [5.41, 5.74) is 5.08. The van der Waals surface area contributed by atoms with Gasteiger partial charge in [-0.2, -0.15) is 5.10 Å². The van der Waals surface area contributed by atoms with Crippen molar-refractivity contribution in [3.8, 4) is 5.13 Å². The quantitative estimate of drug-likeness (QED) is 0.653. The van der Waals surface area contributed by atoms with Crippen molar-refractivity contribution in [2.75, 3.05) is 6.54 Å². The number of halogens is 1. The molecule has 0 spiro atoms. The Kier molecular flexibility index (Phi) is 5.97. The van der Waals surface area contributed by atoms with E-state index in [1.54, 1.807) is 0 Å². The SMILES string of the molecule is CCCNC(=O)c1sc(-n2nc(C)c(Cc3ccc(Cl)cc3)c2C)nc1C. The predicted molar refractivity (Wildman–Crippen MR) is 110 cm³/mol. The van der Waals surface area contributed by atoms with Crippen LogP contribution in [0.5, 0.6) is 0 Å². The number of carbonyl (C=O) groups excluding carboxylic acids is 1. The van der Waals surface area contributed by atoms with Crippen molar-refractivity contribution >= 4 is 28.8 Å². The zero-order valence-electron chi connectivity index (χ0n) is 16.0. The summed E-state index contributed by atoms with van der Waals surface area (Å²) in [6, 6.07) is 7.86. The number of aryl methyl sites for hydroxylation is 2. The highest BCUT2D eigenvalue weighted by Gasteiger charge is 2.20. The van der Waals surface area contributed by atoms with E-state index in [4.69, 9.17) is 11.6 Å². The summed E-state index contributed by atoms with van der Waals surface area (Å²) < 4.78 is 1.84. The van der Waals surface area contributed by atoms with Crippen molar-refractivity contribution in [1.29, 1.82) is 0 Å². The molecule has 3 aromatic rings. The summed E-state index contributed by atoms with van der Waals surface area (Å²) in [6.45, 7) is 8.60. The molecule has 0 bridgehead atoms. The van der Waals surface area contributed by atoms with E-state index < -0.39 is 0 Å². The first kappa shape index (κ1) is 19.6. The third-order valence-electron chi connectivity index (χ3n) is 4.44. The molecule has 0 radical (unpaired) electrons. The molecule has 0 aliphatic rings. The van der Waals surface area contributed by atoms with Gasteiger partial charge in [0.15, 0.2) is 0 Å². The number of nitrogens with one attached hydrogen (secondary N) is 1. The zero-order chi connectivity index (χ0) is 19.6. The van der Waals surface area contributed by atoms with Gasteiger partial charge in [-0.05, 0) is 44.9 Å². The molecule has 1 N–H and O–H groups in total. The summed E-state index contributed by atoms with van der Waals surface area (Å²) in [6.07, 6.45) is 1.69. The standard InChI is InChI=1S/C20H23ClN4OS/c1-5-10-22-19(26)18-13(3)23-20(27-18)25-14(4)17(12(2)24-25)11-15-6-8-16(21)9-7-15/h6-9H,5,10-11H2,1-4H3,(H,22,26). The zero-order valence-corrected chi connectivity index (χ0v) is 17.5. The van der Waals surface area contributed by atoms with Crippen LogP contribution >= 0.6 is 22.9 Å². The molecule has 0 aliphatic heterocycles. The van der Waals surface area contributed by atoms with Gasteiger partial charge < -0.3 is 5.32 Å². The summed E-state index contributed by atoms with van der Waals surface area (Å²) in [5, 5.41) is 9.04. The minimum Gasteiger partial charge on any atom is -0.351 e. The minimum absolute atomic E-state index is 0.0685. The number of benzene rings is 1. The number of amides is 1. The van der Waals surface area contributed by atoms with Gasteiger partial charge in [0.1, 0.15) is 4.88 Å². The van der Waals surface area contributed by atoms with Crippen LogP contribution in [0.15, 0.2) is 24.3 Å². The maximum Gasteiger partial charge on any atom is 0.263 e. The number of nitrogens with zero attached hydrogens (tertiary/aromatic N) is 3. The number of rotatable bonds is 6. The van der Waals surface area contributed by atoms with Crippen molar-refractivity contribution in [1.82, 2.24) is 20.1 Å². The summed E-state index contributed by atoms with van der Waals surface area (Å²) in [5.74, 6) is -0.0685. The van der Waals surface area contributed by atoms with Crippen molar-refractivity contribution in [3.05, 3.63) is 62.4 Å². The van der Waals surface area contributed by atoms with Gasteiger partial charge in [0.25, 0.3) is 5.91 Å². The van der Waals surface area contributed by atoms with Crippen LogP contribution in [0.4, 0.5) is 0 Å². The van der Waals surface area contributed by atoms with Gasteiger partial charge >= 0.3 is 0 Å². The Balaban J connectivity index is 1.90. The molecule has 7 heteroatoms. The second kappa shape index (κ2) is 8.23. The Labute approximate surface area is 168 Å². The molecule has 0 saturated carbocycles. The summed E-state index contributed by atoms with van der Waals surface area (Å²) in [7, 11) is 0. The van der Waals surface area contributed by atoms with E-state index in [9.17, 15) is 4.79 Å². The van der Waals surface area contributed by atoms with Crippen molar-refractivity contribution in [3.63, 3.8) is 0 Å². The smallest absolute Gasteiger partial charge is 0.263 e. The summed E-state index contributed by atoms with van der Waals surface area (Å²) >= 11 is 7.36. The monoisotopic (exact) mass is 402 g/mol. The molecule has 0 atom stereocenters. The maximum atomic E-state index is 12.3. The van der Waals surface area contributed by atoms with Gasteiger partial charge in [-0.25, -0.2) is 9.67 Å². The number of hydrogen-bond donors (Lipinski definition) is 1. The number of thiazole rings is 1. The average Bonchev–Trinajstić information content (AvgIpc) is 3.16. The lowest BCUT2D eigenvalue weighted by atomic mass is 10.0. The molecule has 0 unspecified atom stereocenters. The molecule has 0 aliphatic carbocycles. The van der Waals surface area contributed by atoms with Gasteiger partial charge in [-0.15, -0.1) is 0 Å². The molecule has 3 rings (SSSR count). The van der Waals surface area contributed by atoms with Gasteiger partial charge in [-0.1, -0.05) is 42.0 Å². The van der Waals surface area contributed by atoms with E-state index in [0.29, 0.717) is 11.4 Å². The number of aromatic nitrogens is 3. The summed E-state index contributed by atoms with van der Waals surface area (Å²) in [4.78, 5) is 17.5. The van der Waals surface area contributed by atoms with Gasteiger partial charge in [0.2, 0.25) is 5.13 Å². The van der Waals surface area contributed by atoms with Crippen LogP contribution in [0.25, 0.3) is 5.13 Å². The largest absolute Gasteiger partial charge is 0.351 e. The molecule has 1 aromatic carbocycles. The molecule has 0 saturated heterocycles. The van der Waals surface area contributed by atoms with Crippen LogP contribution in [0.3, 0.4) is 0 Å². The first-order valence-electron chi connectivity index (χ1n) is 8.96. The Morgan fingerprint density at radius 3 is 2.56 bits per heavy atom. The Bertz CT molecular complexity index is 959. The third kappa shape index (κ3) is 4.22. The van der Waals surface area contributed by atoms with E-state index in [1.807, 2.05) is 56.6 Å². The van der Waals surface area contributed by atoms with Crippen molar-refractivity contribution < 1.29 is 4.79 Å². The first-order valence-corrected chi connectivity index (χ1v) is 10.2. The van der Waals surface area contributed by atoms with Crippen LogP contribution in [0.2, 0.25) is 5.02 Å². The lowest BCUT2D eigenvalue weighted by Crippen LogP contribution is -2.23. The Morgan fingerprint density at radius 2 is 1.89 bits per heavy atom. The average molecular weight is 403 g/mol. The van der Waals surface area contributed by atoms with Gasteiger partial charge in [0, 0.05) is 29.2 Å². The normalized spacial score (nSPS) is 11.0. The minimum atomic E-state index is -0.0685. The Hall–Kier alpha value is -2.18. The molecule has 2 aromatic heterocycles. The van der Waals surface area contributed by atoms with Gasteiger partial charge in [-0.3, -0.25) is 4.79 Å². The molecule has 1 amide bonds. The van der Waals surface area contributed by atoms with E-state index in [2.05, 4.69) is 15.4 Å². The van der Waals surface area contributed by atoms with Crippen molar-refractivity contribution in [2.24, 2.45) is 0 Å². The molecule has 27 heavy (non-hydrogen) atoms. The highest BCUT2D eigenvalue weighted by atomic mass is 35.5. The van der Waals surface area contributed by atoms with Crippen LogP contribution < -0.4 is 5.32 Å². The molecule has 5 nitrogen and oxygen atoms in total. The lowest BCUT2D eigenvalue weighted by Gasteiger charge is -2.04. The fourth-order valence-electron chi connectivity index (χ4n) is 2.93. The van der Waals surface area contributed by atoms with Crippen LogP contribution in [0, 0.1) is 20.8 Å². The highest BCUT2D eigenvalue weighted by Crippen LogP contribution is 2.26. The number of carbonyl (C=O) groups is 1. The predicted octanol–water partition coefficient (Wildman–Crippen LogP) is 4.64. The van der Waals surface area contributed by atoms with Crippen LogP contribution in [-0.2, 0) is 6.42 Å². The van der Waals surface area contributed by atoms with Crippen LogP contribution in [0.1, 0.15) is 51.2 Å². The molecule has 2 heterocycles. The third-order valence-corrected chi connectivity index (χ3v) is 5.83. The second-order valence-corrected chi connectivity index (χ2v) is 7.95. The van der Waals surface area contributed by atoms with Crippen molar-refractivity contribution in [2.45, 2.75) is 40.5 Å². The lowest BCUT2D eigenvalue weighted by molar-refractivity contribution is 0.0957. The van der Waals surface area contributed by atoms with E-state index in [1.165, 1.54) is 22.5 Å². The Morgan fingerprint density at radius 1 is 1.19 bits per heavy atom. The molecular weight excluding hydrogens is 380 g/mol. The first-order chi connectivity index (χ1) is 12.9. The molecular formula is C20H23ClN4OS. The fourth-order valence-corrected chi connectivity index (χ4v) is 4.04. The van der Waals surface area contributed by atoms with E-state index in [-0.39, 0.29) is 5.91 Å². The van der Waals surface area contributed by atoms with Crippen LogP contribution in [-0.4, -0.2) is 27.2 Å². The van der Waals surface area contributed by atoms with E-state index in [0.717, 1.165) is 40.1 Å². The van der Waals surface area contributed by atoms with Gasteiger partial charge in [0.05, 0.1) is 11.4 Å². The topological polar surface area (TPSA) is 59.8 Å². The number of hydrogen-bond acceptors (Lipinski definition) is 4. The highest BCUT2D eigenvalue weighted by molar-refractivity contribution is 7.16. The fraction of sp³-hybridized carbons (Fsp3) is 0.350.